The molecule has 25 heavy (non-hydrogen) atoms. The molecule has 1 aliphatic rings. The zero-order chi connectivity index (χ0) is 18.1. The van der Waals surface area contributed by atoms with Crippen molar-refractivity contribution in [3.8, 4) is 5.75 Å². The van der Waals surface area contributed by atoms with Crippen molar-refractivity contribution in [2.45, 2.75) is 64.5 Å². The van der Waals surface area contributed by atoms with Crippen LogP contribution < -0.4 is 10.6 Å². The normalized spacial score (nSPS) is 19.4. The van der Waals surface area contributed by atoms with Crippen LogP contribution in [0.25, 0.3) is 0 Å². The first-order chi connectivity index (χ1) is 12.0. The fourth-order valence-electron chi connectivity index (χ4n) is 3.37. The first-order valence-electron chi connectivity index (χ1n) is 9.61. The predicted octanol–water partition coefficient (Wildman–Crippen LogP) is 3.28. The molecule has 0 saturated carbocycles. The summed E-state index contributed by atoms with van der Waals surface area (Å²) in [7, 11) is 0. The molecule has 1 aromatic rings. The smallest absolute Gasteiger partial charge is 0.314 e. The minimum Gasteiger partial charge on any atom is -0.508 e. The fraction of sp³-hybridized carbons (Fsp3) is 0.650. The van der Waals surface area contributed by atoms with E-state index in [0.29, 0.717) is 6.04 Å². The fourth-order valence-corrected chi connectivity index (χ4v) is 3.37. The summed E-state index contributed by atoms with van der Waals surface area (Å²) in [5.41, 5.74) is 1.17. The summed E-state index contributed by atoms with van der Waals surface area (Å²) in [6, 6.07) is 7.96. The summed E-state index contributed by atoms with van der Waals surface area (Å²) in [4.78, 5) is 14.5. The molecule has 1 fully saturated rings. The quantitative estimate of drug-likeness (QED) is 0.632. The topological polar surface area (TPSA) is 64.6 Å². The van der Waals surface area contributed by atoms with Gasteiger partial charge in [0.05, 0.1) is 0 Å². The van der Waals surface area contributed by atoms with Gasteiger partial charge < -0.3 is 20.6 Å². The molecule has 2 atom stereocenters. The van der Waals surface area contributed by atoms with Crippen LogP contribution in [0.5, 0.6) is 5.75 Å². The number of benzene rings is 1. The number of phenolic OH excluding ortho intramolecular Hbond substituents is 1. The second-order valence-electron chi connectivity index (χ2n) is 7.24. The number of likely N-dealkylation sites (tertiary alicyclic amines) is 1. The number of hydrogen-bond acceptors (Lipinski definition) is 3. The van der Waals surface area contributed by atoms with Gasteiger partial charge in [-0.15, -0.1) is 0 Å². The zero-order valence-corrected chi connectivity index (χ0v) is 15.6. The van der Waals surface area contributed by atoms with E-state index in [2.05, 4.69) is 22.5 Å². The van der Waals surface area contributed by atoms with Gasteiger partial charge in [-0.3, -0.25) is 0 Å². The van der Waals surface area contributed by atoms with Crippen LogP contribution in [0.1, 0.15) is 51.5 Å². The van der Waals surface area contributed by atoms with Gasteiger partial charge in [0.15, 0.2) is 0 Å². The van der Waals surface area contributed by atoms with Crippen LogP contribution in [0.4, 0.5) is 4.79 Å². The van der Waals surface area contributed by atoms with E-state index >= 15 is 0 Å². The molecule has 2 amide bonds. The van der Waals surface area contributed by atoms with Crippen LogP contribution in [-0.2, 0) is 6.42 Å². The number of nitrogens with one attached hydrogen (secondary N) is 2. The van der Waals surface area contributed by atoms with Crippen molar-refractivity contribution in [2.24, 2.45) is 0 Å². The van der Waals surface area contributed by atoms with Gasteiger partial charge in [0, 0.05) is 25.2 Å². The summed E-state index contributed by atoms with van der Waals surface area (Å²) in [6.45, 7) is 7.31. The third kappa shape index (κ3) is 7.34. The molecule has 0 aromatic heterocycles. The van der Waals surface area contributed by atoms with Gasteiger partial charge in [-0.05, 0) is 70.2 Å². The lowest BCUT2D eigenvalue weighted by Gasteiger charge is -2.33. The summed E-state index contributed by atoms with van der Waals surface area (Å²) >= 11 is 0. The number of urea groups is 1. The Hall–Kier alpha value is -1.75. The zero-order valence-electron chi connectivity index (χ0n) is 15.6. The molecule has 3 N–H and O–H groups in total. The van der Waals surface area contributed by atoms with Gasteiger partial charge in [-0.2, -0.15) is 0 Å². The Morgan fingerprint density at radius 2 is 2.08 bits per heavy atom. The molecule has 5 heteroatoms. The van der Waals surface area contributed by atoms with Gasteiger partial charge in [0.2, 0.25) is 0 Å². The van der Waals surface area contributed by atoms with Crippen LogP contribution in [0.3, 0.4) is 0 Å². The van der Waals surface area contributed by atoms with Crippen LogP contribution in [0.15, 0.2) is 24.3 Å². The minimum absolute atomic E-state index is 0.0788. The number of carbonyl (C=O) groups excluding carboxylic acids is 1. The number of nitrogens with zero attached hydrogens (tertiary/aromatic N) is 1. The molecule has 1 saturated heterocycles. The van der Waals surface area contributed by atoms with Crippen molar-refractivity contribution in [1.82, 2.24) is 15.5 Å². The van der Waals surface area contributed by atoms with E-state index < -0.39 is 0 Å². The molecule has 0 aliphatic carbocycles. The average Bonchev–Trinajstić information content (AvgIpc) is 2.59. The summed E-state index contributed by atoms with van der Waals surface area (Å²) in [6.07, 6.45) is 6.71. The first kappa shape index (κ1) is 19.6. The minimum atomic E-state index is -0.0788. The van der Waals surface area contributed by atoms with E-state index in [4.69, 9.17) is 0 Å². The van der Waals surface area contributed by atoms with Gasteiger partial charge in [0.25, 0.3) is 0 Å². The molecule has 0 bridgehead atoms. The Labute approximate surface area is 151 Å². The van der Waals surface area contributed by atoms with Crippen molar-refractivity contribution >= 4 is 6.03 Å². The molecule has 2 rings (SSSR count). The van der Waals surface area contributed by atoms with Crippen LogP contribution in [0.2, 0.25) is 0 Å². The lowest BCUT2D eigenvalue weighted by atomic mass is 10.0. The van der Waals surface area contributed by atoms with Crippen LogP contribution >= 0.6 is 0 Å². The monoisotopic (exact) mass is 347 g/mol. The second kappa shape index (κ2) is 10.3. The summed E-state index contributed by atoms with van der Waals surface area (Å²) in [5.74, 6) is 0.285. The SMILES string of the molecule is CC(CCc1ccc(O)cc1)NC(=O)NCCCN1CCCCC1C. The van der Waals surface area contributed by atoms with E-state index in [1.807, 2.05) is 19.1 Å². The number of amides is 2. The van der Waals surface area contributed by atoms with Crippen molar-refractivity contribution in [2.75, 3.05) is 19.6 Å². The Bertz CT molecular complexity index is 518. The van der Waals surface area contributed by atoms with Gasteiger partial charge in [-0.25, -0.2) is 4.79 Å². The van der Waals surface area contributed by atoms with E-state index in [-0.39, 0.29) is 17.8 Å². The molecule has 1 heterocycles. The van der Waals surface area contributed by atoms with E-state index in [1.165, 1.54) is 31.4 Å². The molecular weight excluding hydrogens is 314 g/mol. The number of rotatable bonds is 8. The second-order valence-corrected chi connectivity index (χ2v) is 7.24. The van der Waals surface area contributed by atoms with E-state index in [0.717, 1.165) is 32.4 Å². The maximum absolute atomic E-state index is 12.0. The Kier molecular flexibility index (Phi) is 8.06. The molecule has 0 radical (unpaired) electrons. The highest BCUT2D eigenvalue weighted by Crippen LogP contribution is 2.16. The van der Waals surface area contributed by atoms with E-state index in [9.17, 15) is 9.90 Å². The number of carbonyl (C=O) groups is 1. The third-order valence-corrected chi connectivity index (χ3v) is 5.03. The van der Waals surface area contributed by atoms with Crippen molar-refractivity contribution in [1.29, 1.82) is 0 Å². The Balaban J connectivity index is 1.55. The highest BCUT2D eigenvalue weighted by Gasteiger charge is 2.17. The predicted molar refractivity (Wildman–Crippen MR) is 102 cm³/mol. The largest absolute Gasteiger partial charge is 0.508 e. The number of aromatic hydroxyl groups is 1. The van der Waals surface area contributed by atoms with E-state index in [1.54, 1.807) is 12.1 Å². The van der Waals surface area contributed by atoms with Crippen molar-refractivity contribution in [3.05, 3.63) is 29.8 Å². The molecular formula is C20H33N3O2. The summed E-state index contributed by atoms with van der Waals surface area (Å²) < 4.78 is 0. The molecule has 140 valence electrons. The van der Waals surface area contributed by atoms with Crippen LogP contribution in [0, 0.1) is 0 Å². The Morgan fingerprint density at radius 3 is 2.80 bits per heavy atom. The molecule has 5 nitrogen and oxygen atoms in total. The van der Waals surface area contributed by atoms with Gasteiger partial charge >= 0.3 is 6.03 Å². The first-order valence-corrected chi connectivity index (χ1v) is 9.61. The van der Waals surface area contributed by atoms with Crippen molar-refractivity contribution in [3.63, 3.8) is 0 Å². The lowest BCUT2D eigenvalue weighted by molar-refractivity contribution is 0.159. The van der Waals surface area contributed by atoms with Gasteiger partial charge in [-0.1, -0.05) is 18.6 Å². The average molecular weight is 348 g/mol. The maximum Gasteiger partial charge on any atom is 0.314 e. The highest BCUT2D eigenvalue weighted by atomic mass is 16.3. The maximum atomic E-state index is 12.0. The lowest BCUT2D eigenvalue weighted by Crippen LogP contribution is -2.43. The molecule has 0 spiro atoms. The molecule has 2 unspecified atom stereocenters. The molecule has 1 aliphatic heterocycles. The standard InChI is InChI=1S/C20H33N3O2/c1-16(7-8-18-9-11-19(24)12-10-18)22-20(25)21-13-5-15-23-14-4-3-6-17(23)2/h9-12,16-17,24H,3-8,13-15H2,1-2H3,(H2,21,22,25). The number of piperidine rings is 1. The van der Waals surface area contributed by atoms with Gasteiger partial charge in [0.1, 0.15) is 5.75 Å². The number of phenols is 1. The third-order valence-electron chi connectivity index (χ3n) is 5.03. The van der Waals surface area contributed by atoms with Crippen molar-refractivity contribution < 1.29 is 9.90 Å². The highest BCUT2D eigenvalue weighted by molar-refractivity contribution is 5.74. The summed E-state index contributed by atoms with van der Waals surface area (Å²) in [5, 5.41) is 15.2. The molecule has 1 aromatic carbocycles. The number of aryl methyl sites for hydroxylation is 1. The number of hydrogen-bond donors (Lipinski definition) is 3. The van der Waals surface area contributed by atoms with Crippen LogP contribution in [-0.4, -0.2) is 47.8 Å². The Morgan fingerprint density at radius 1 is 1.32 bits per heavy atom.